The first-order chi connectivity index (χ1) is 26.6. The number of hydrogen-bond donors (Lipinski definition) is 3. The highest BCUT2D eigenvalue weighted by Gasteiger charge is 2.27. The van der Waals surface area contributed by atoms with E-state index in [1.807, 2.05) is 24.3 Å². The van der Waals surface area contributed by atoms with Gasteiger partial charge in [-0.15, -0.1) is 0 Å². The molecule has 0 aromatic heterocycles. The molecule has 0 heterocycles. The highest BCUT2D eigenvalue weighted by Crippen LogP contribution is 2.43. The van der Waals surface area contributed by atoms with Gasteiger partial charge in [-0.05, 0) is 44.1 Å². The third kappa shape index (κ3) is 28.8. The van der Waals surface area contributed by atoms with Crippen molar-refractivity contribution in [1.82, 2.24) is 0 Å². The lowest BCUT2D eigenvalue weighted by Crippen LogP contribution is -2.29. The SMILES string of the molecule is CCCCCCCCCCCCCCCCCC(=O)OC[C@H](COP(=O)(O)OCCN)OC(=O)CCC/C=C\C[C@H]1C=CC(=O)[C@@H]1/C=C/[C@@H](O)CCCCC. The van der Waals surface area contributed by atoms with E-state index in [-0.39, 0.29) is 50.2 Å². The zero-order valence-electron chi connectivity index (χ0n) is 34.3. The monoisotopic (exact) mass is 798 g/mol. The molecule has 1 unspecified atom stereocenters. The van der Waals surface area contributed by atoms with Crippen LogP contribution in [0.1, 0.15) is 168 Å². The number of ether oxygens (including phenoxy) is 2. The third-order valence-corrected chi connectivity index (χ3v) is 10.8. The van der Waals surface area contributed by atoms with E-state index in [0.29, 0.717) is 32.1 Å². The minimum atomic E-state index is -4.43. The predicted octanol–water partition coefficient (Wildman–Crippen LogP) is 9.78. The first kappa shape index (κ1) is 50.9. The van der Waals surface area contributed by atoms with Crippen LogP contribution in [0.25, 0.3) is 0 Å². The number of aliphatic hydroxyl groups excluding tert-OH is 1. The number of carbonyl (C=O) groups is 3. The topological polar surface area (TPSA) is 172 Å². The van der Waals surface area contributed by atoms with E-state index in [4.69, 9.17) is 24.3 Å². The van der Waals surface area contributed by atoms with Crippen molar-refractivity contribution < 1.29 is 47.5 Å². The van der Waals surface area contributed by atoms with Crippen LogP contribution < -0.4 is 5.73 Å². The quantitative estimate of drug-likeness (QED) is 0.0236. The number of ketones is 1. The summed E-state index contributed by atoms with van der Waals surface area (Å²) in [4.78, 5) is 47.4. The first-order valence-electron chi connectivity index (χ1n) is 21.5. The molecule has 0 aromatic carbocycles. The summed E-state index contributed by atoms with van der Waals surface area (Å²) in [6.07, 6.45) is 33.7. The summed E-state index contributed by atoms with van der Waals surface area (Å²) in [6.45, 7) is 3.40. The second-order valence-electron chi connectivity index (χ2n) is 14.9. The van der Waals surface area contributed by atoms with Crippen LogP contribution in [0.15, 0.2) is 36.5 Å². The first-order valence-corrected chi connectivity index (χ1v) is 23.0. The van der Waals surface area contributed by atoms with Crippen molar-refractivity contribution in [2.75, 3.05) is 26.4 Å². The van der Waals surface area contributed by atoms with Gasteiger partial charge in [0.1, 0.15) is 6.61 Å². The molecule has 0 amide bonds. The molecular formula is C43H76NO10P. The zero-order chi connectivity index (χ0) is 40.4. The van der Waals surface area contributed by atoms with Crippen LogP contribution in [-0.2, 0) is 37.5 Å². The van der Waals surface area contributed by atoms with Gasteiger partial charge in [-0.3, -0.25) is 23.4 Å². The van der Waals surface area contributed by atoms with Gasteiger partial charge in [0.15, 0.2) is 11.9 Å². The summed E-state index contributed by atoms with van der Waals surface area (Å²) < 4.78 is 32.7. The van der Waals surface area contributed by atoms with Crippen LogP contribution in [0.2, 0.25) is 0 Å². The van der Waals surface area contributed by atoms with Gasteiger partial charge in [0.2, 0.25) is 0 Å². The summed E-state index contributed by atoms with van der Waals surface area (Å²) >= 11 is 0. The summed E-state index contributed by atoms with van der Waals surface area (Å²) in [5.74, 6) is -1.20. The number of rotatable bonds is 37. The second kappa shape index (κ2) is 33.9. The average Bonchev–Trinajstić information content (AvgIpc) is 3.52. The largest absolute Gasteiger partial charge is 0.472 e. The molecular weight excluding hydrogens is 721 g/mol. The van der Waals surface area contributed by atoms with Gasteiger partial charge >= 0.3 is 19.8 Å². The highest BCUT2D eigenvalue weighted by molar-refractivity contribution is 7.47. The lowest BCUT2D eigenvalue weighted by molar-refractivity contribution is -0.161. The fourth-order valence-electron chi connectivity index (χ4n) is 6.45. The van der Waals surface area contributed by atoms with Crippen LogP contribution >= 0.6 is 7.82 Å². The van der Waals surface area contributed by atoms with Crippen molar-refractivity contribution in [2.24, 2.45) is 17.6 Å². The number of carbonyl (C=O) groups excluding carboxylic acids is 3. The lowest BCUT2D eigenvalue weighted by Gasteiger charge is -2.19. The Morgan fingerprint density at radius 3 is 2.00 bits per heavy atom. The van der Waals surface area contributed by atoms with Crippen LogP contribution in [0, 0.1) is 11.8 Å². The number of unbranched alkanes of at least 4 members (excludes halogenated alkanes) is 17. The molecule has 0 fully saturated rings. The van der Waals surface area contributed by atoms with Crippen LogP contribution in [0.4, 0.5) is 0 Å². The van der Waals surface area contributed by atoms with Crippen molar-refractivity contribution in [3.8, 4) is 0 Å². The number of hydrogen-bond acceptors (Lipinski definition) is 10. The van der Waals surface area contributed by atoms with Crippen molar-refractivity contribution >= 4 is 25.5 Å². The summed E-state index contributed by atoms with van der Waals surface area (Å²) in [5.41, 5.74) is 5.34. The molecule has 1 aliphatic carbocycles. The fraction of sp³-hybridized carbons (Fsp3) is 0.791. The lowest BCUT2D eigenvalue weighted by atomic mass is 9.90. The molecule has 0 aliphatic heterocycles. The number of allylic oxidation sites excluding steroid dienone is 5. The van der Waals surface area contributed by atoms with Gasteiger partial charge < -0.3 is 25.2 Å². The Balaban J connectivity index is 2.37. The Hall–Kier alpha value is -2.14. The molecule has 11 nitrogen and oxygen atoms in total. The normalized spacial score (nSPS) is 17.9. The van der Waals surface area contributed by atoms with Crippen LogP contribution in [0.5, 0.6) is 0 Å². The van der Waals surface area contributed by atoms with Crippen molar-refractivity contribution in [1.29, 1.82) is 0 Å². The number of phosphoric ester groups is 1. The van der Waals surface area contributed by atoms with E-state index in [1.165, 1.54) is 70.6 Å². The van der Waals surface area contributed by atoms with E-state index in [0.717, 1.165) is 38.5 Å². The van der Waals surface area contributed by atoms with E-state index in [1.54, 1.807) is 12.2 Å². The number of aliphatic hydroxyl groups is 1. The third-order valence-electron chi connectivity index (χ3n) is 9.78. The molecule has 0 spiro atoms. The summed E-state index contributed by atoms with van der Waals surface area (Å²) in [6, 6.07) is 0. The molecule has 1 aliphatic rings. The fourth-order valence-corrected chi connectivity index (χ4v) is 7.21. The average molecular weight is 798 g/mol. The Morgan fingerprint density at radius 2 is 1.38 bits per heavy atom. The standard InChI is InChI=1S/C43H76NO10P/c1-3-5-7-8-9-10-11-12-13-14-15-16-17-18-23-27-42(47)51-35-39(36-53-55(49,50)52-34-33-44)54-43(48)28-24-20-19-22-25-37-29-32-41(46)40(37)31-30-38(45)26-21-6-4-2/h19,22,29-32,37-40,45H,3-18,20-21,23-28,33-36,44H2,1-2H3,(H,49,50)/b22-19-,31-30+/t37-,38-,39+,40+/m0/s1. The Kier molecular flexibility index (Phi) is 31.4. The Bertz CT molecular complexity index is 1140. The van der Waals surface area contributed by atoms with E-state index < -0.39 is 38.6 Å². The van der Waals surface area contributed by atoms with Crippen molar-refractivity contribution in [2.45, 2.75) is 180 Å². The number of phosphoric acid groups is 1. The molecule has 55 heavy (non-hydrogen) atoms. The highest BCUT2D eigenvalue weighted by atomic mass is 31.2. The van der Waals surface area contributed by atoms with Gasteiger partial charge in [-0.2, -0.15) is 0 Å². The molecule has 318 valence electrons. The maximum atomic E-state index is 12.7. The van der Waals surface area contributed by atoms with E-state index >= 15 is 0 Å². The van der Waals surface area contributed by atoms with Gasteiger partial charge in [0.05, 0.1) is 19.3 Å². The van der Waals surface area contributed by atoms with E-state index in [2.05, 4.69) is 13.8 Å². The van der Waals surface area contributed by atoms with Gasteiger partial charge in [0.25, 0.3) is 0 Å². The molecule has 0 saturated carbocycles. The van der Waals surface area contributed by atoms with Gasteiger partial charge in [-0.25, -0.2) is 4.57 Å². The van der Waals surface area contributed by atoms with Crippen LogP contribution in [-0.4, -0.2) is 66.3 Å². The van der Waals surface area contributed by atoms with Crippen LogP contribution in [0.3, 0.4) is 0 Å². The smallest absolute Gasteiger partial charge is 0.462 e. The summed E-state index contributed by atoms with van der Waals surface area (Å²) in [7, 11) is -4.43. The van der Waals surface area contributed by atoms with Crippen molar-refractivity contribution in [3.63, 3.8) is 0 Å². The molecule has 0 aromatic rings. The predicted molar refractivity (Wildman–Crippen MR) is 219 cm³/mol. The molecule has 0 bridgehead atoms. The molecule has 5 atom stereocenters. The molecule has 4 N–H and O–H groups in total. The Labute approximate surface area is 332 Å². The van der Waals surface area contributed by atoms with Gasteiger partial charge in [-0.1, -0.05) is 153 Å². The maximum Gasteiger partial charge on any atom is 0.472 e. The second-order valence-corrected chi connectivity index (χ2v) is 16.3. The molecule has 1 rings (SSSR count). The molecule has 0 radical (unpaired) electrons. The number of esters is 2. The molecule has 12 heteroatoms. The minimum absolute atomic E-state index is 0.0202. The number of nitrogens with two attached hydrogens (primary N) is 1. The zero-order valence-corrected chi connectivity index (χ0v) is 35.2. The van der Waals surface area contributed by atoms with Crippen molar-refractivity contribution in [3.05, 3.63) is 36.5 Å². The minimum Gasteiger partial charge on any atom is -0.462 e. The molecule has 0 saturated heterocycles. The van der Waals surface area contributed by atoms with Gasteiger partial charge in [0, 0.05) is 25.3 Å². The van der Waals surface area contributed by atoms with E-state index in [9.17, 15) is 28.9 Å². The maximum absolute atomic E-state index is 12.7. The Morgan fingerprint density at radius 1 is 0.800 bits per heavy atom. The summed E-state index contributed by atoms with van der Waals surface area (Å²) in [5, 5.41) is 10.2.